The van der Waals surface area contributed by atoms with E-state index in [0.29, 0.717) is 16.9 Å². The molecule has 0 fully saturated rings. The van der Waals surface area contributed by atoms with Crippen LogP contribution in [0.25, 0.3) is 10.8 Å². The van der Waals surface area contributed by atoms with Crippen molar-refractivity contribution < 1.29 is 13.2 Å². The predicted molar refractivity (Wildman–Crippen MR) is 130 cm³/mol. The molecule has 0 radical (unpaired) electrons. The van der Waals surface area contributed by atoms with Crippen LogP contribution >= 0.6 is 0 Å². The summed E-state index contributed by atoms with van der Waals surface area (Å²) < 4.78 is 28.9. The van der Waals surface area contributed by atoms with E-state index in [0.717, 1.165) is 21.9 Å². The lowest BCUT2D eigenvalue weighted by Crippen LogP contribution is -2.17. The maximum atomic E-state index is 13.1. The zero-order chi connectivity index (χ0) is 22.9. The molecule has 0 aromatic heterocycles. The summed E-state index contributed by atoms with van der Waals surface area (Å²) in [6, 6.07) is 23.8. The van der Waals surface area contributed by atoms with Gasteiger partial charge in [-0.1, -0.05) is 48.5 Å². The highest BCUT2D eigenvalue weighted by molar-refractivity contribution is 7.92. The van der Waals surface area contributed by atoms with Gasteiger partial charge in [-0.05, 0) is 78.6 Å². The first-order chi connectivity index (χ1) is 15.2. The molecule has 0 spiro atoms. The molecule has 0 saturated carbocycles. The molecule has 0 heterocycles. The summed E-state index contributed by atoms with van der Waals surface area (Å²) in [7, 11) is -3.87. The van der Waals surface area contributed by atoms with Gasteiger partial charge < -0.3 is 5.32 Å². The Morgan fingerprint density at radius 1 is 0.750 bits per heavy atom. The minimum Gasteiger partial charge on any atom is -0.322 e. The normalized spacial score (nSPS) is 11.3. The summed E-state index contributed by atoms with van der Waals surface area (Å²) in [5.74, 6) is -0.372. The van der Waals surface area contributed by atoms with Gasteiger partial charge in [0.1, 0.15) is 0 Å². The van der Waals surface area contributed by atoms with E-state index in [2.05, 4.69) is 10.0 Å². The number of amides is 1. The number of carbonyl (C=O) groups is 1. The SMILES string of the molecule is Cc1ccc(C)c(NS(=O)(=O)c2cc(C(=O)Nc3ccc4ccccc4c3)ccc2C)c1. The Kier molecular flexibility index (Phi) is 5.72. The number of hydrogen-bond acceptors (Lipinski definition) is 3. The number of fused-ring (bicyclic) bond motifs is 1. The van der Waals surface area contributed by atoms with E-state index in [-0.39, 0.29) is 16.4 Å². The van der Waals surface area contributed by atoms with Crippen molar-refractivity contribution in [1.29, 1.82) is 0 Å². The lowest BCUT2D eigenvalue weighted by molar-refractivity contribution is 0.102. The van der Waals surface area contributed by atoms with Gasteiger partial charge in [-0.3, -0.25) is 9.52 Å². The second kappa shape index (κ2) is 8.48. The Balaban J connectivity index is 1.62. The van der Waals surface area contributed by atoms with Gasteiger partial charge in [-0.2, -0.15) is 0 Å². The second-order valence-corrected chi connectivity index (χ2v) is 9.57. The van der Waals surface area contributed by atoms with Gasteiger partial charge in [0.25, 0.3) is 15.9 Å². The number of hydrogen-bond donors (Lipinski definition) is 2. The van der Waals surface area contributed by atoms with E-state index >= 15 is 0 Å². The van der Waals surface area contributed by atoms with Crippen LogP contribution in [0.1, 0.15) is 27.0 Å². The van der Waals surface area contributed by atoms with Gasteiger partial charge in [0.05, 0.1) is 10.6 Å². The Morgan fingerprint density at radius 3 is 2.25 bits per heavy atom. The van der Waals surface area contributed by atoms with Gasteiger partial charge >= 0.3 is 0 Å². The molecule has 5 nitrogen and oxygen atoms in total. The molecule has 0 bridgehead atoms. The number of carbonyl (C=O) groups excluding carboxylic acids is 1. The molecule has 162 valence electrons. The minimum atomic E-state index is -3.87. The van der Waals surface area contributed by atoms with Crippen LogP contribution in [-0.2, 0) is 10.0 Å². The standard InChI is InChI=1S/C26H24N2O3S/c1-17-8-9-18(2)24(14-17)28-32(30,31)25-16-22(11-10-19(25)3)26(29)27-23-13-12-20-6-4-5-7-21(20)15-23/h4-16,28H,1-3H3,(H,27,29). The molecule has 0 unspecified atom stereocenters. The molecule has 4 aromatic carbocycles. The zero-order valence-electron chi connectivity index (χ0n) is 18.1. The molecule has 1 amide bonds. The van der Waals surface area contributed by atoms with Crippen LogP contribution in [0.2, 0.25) is 0 Å². The molecule has 0 aliphatic carbocycles. The highest BCUT2D eigenvalue weighted by Crippen LogP contribution is 2.25. The molecule has 2 N–H and O–H groups in total. The van der Waals surface area contributed by atoms with Crippen molar-refractivity contribution in [2.24, 2.45) is 0 Å². The number of sulfonamides is 1. The topological polar surface area (TPSA) is 75.3 Å². The van der Waals surface area contributed by atoms with E-state index in [1.165, 1.54) is 6.07 Å². The molecule has 32 heavy (non-hydrogen) atoms. The van der Waals surface area contributed by atoms with Crippen molar-refractivity contribution in [1.82, 2.24) is 0 Å². The highest BCUT2D eigenvalue weighted by atomic mass is 32.2. The summed E-state index contributed by atoms with van der Waals surface area (Å²) in [5.41, 5.74) is 3.77. The molecule has 6 heteroatoms. The fraction of sp³-hybridized carbons (Fsp3) is 0.115. The van der Waals surface area contributed by atoms with E-state index in [1.54, 1.807) is 25.1 Å². The quantitative estimate of drug-likeness (QED) is 0.407. The van der Waals surface area contributed by atoms with Gasteiger partial charge in [0, 0.05) is 11.3 Å². The van der Waals surface area contributed by atoms with Gasteiger partial charge in [0.15, 0.2) is 0 Å². The lowest BCUT2D eigenvalue weighted by Gasteiger charge is -2.14. The Morgan fingerprint density at radius 2 is 1.47 bits per heavy atom. The second-order valence-electron chi connectivity index (χ2n) is 7.92. The number of aryl methyl sites for hydroxylation is 3. The molecular formula is C26H24N2O3S. The molecular weight excluding hydrogens is 420 g/mol. The van der Waals surface area contributed by atoms with E-state index in [9.17, 15) is 13.2 Å². The summed E-state index contributed by atoms with van der Waals surface area (Å²) in [4.78, 5) is 12.9. The molecule has 0 saturated heterocycles. The van der Waals surface area contributed by atoms with Crippen LogP contribution in [0.4, 0.5) is 11.4 Å². The summed E-state index contributed by atoms with van der Waals surface area (Å²) >= 11 is 0. The fourth-order valence-corrected chi connectivity index (χ4v) is 4.94. The van der Waals surface area contributed by atoms with Crippen LogP contribution < -0.4 is 10.0 Å². The zero-order valence-corrected chi connectivity index (χ0v) is 19.0. The van der Waals surface area contributed by atoms with E-state index in [1.807, 2.05) is 68.4 Å². The Bertz CT molecular complexity index is 1440. The van der Waals surface area contributed by atoms with Gasteiger partial charge in [-0.25, -0.2) is 8.42 Å². The summed E-state index contributed by atoms with van der Waals surface area (Å²) in [6.07, 6.45) is 0. The maximum Gasteiger partial charge on any atom is 0.262 e. The Hall–Kier alpha value is -3.64. The van der Waals surface area contributed by atoms with E-state index in [4.69, 9.17) is 0 Å². The maximum absolute atomic E-state index is 13.1. The third-order valence-electron chi connectivity index (χ3n) is 5.38. The average Bonchev–Trinajstić information content (AvgIpc) is 2.76. The molecule has 0 aliphatic heterocycles. The summed E-state index contributed by atoms with van der Waals surface area (Å²) in [6.45, 7) is 5.46. The minimum absolute atomic E-state index is 0.0737. The average molecular weight is 445 g/mol. The largest absolute Gasteiger partial charge is 0.322 e. The molecule has 4 rings (SSSR count). The number of nitrogens with one attached hydrogen (secondary N) is 2. The first-order valence-electron chi connectivity index (χ1n) is 10.2. The summed E-state index contributed by atoms with van der Waals surface area (Å²) in [5, 5.41) is 4.95. The fourth-order valence-electron chi connectivity index (χ4n) is 3.55. The van der Waals surface area contributed by atoms with Gasteiger partial charge in [-0.15, -0.1) is 0 Å². The van der Waals surface area contributed by atoms with Crippen molar-refractivity contribution in [3.8, 4) is 0 Å². The molecule has 0 atom stereocenters. The van der Waals surface area contributed by atoms with Crippen molar-refractivity contribution >= 4 is 38.1 Å². The van der Waals surface area contributed by atoms with Crippen molar-refractivity contribution in [3.63, 3.8) is 0 Å². The molecule has 4 aromatic rings. The number of anilines is 2. The van der Waals surface area contributed by atoms with Crippen LogP contribution in [0.3, 0.4) is 0 Å². The van der Waals surface area contributed by atoms with Crippen molar-refractivity contribution in [2.75, 3.05) is 10.0 Å². The first kappa shape index (κ1) is 21.6. The highest BCUT2D eigenvalue weighted by Gasteiger charge is 2.20. The third kappa shape index (κ3) is 4.50. The van der Waals surface area contributed by atoms with Crippen LogP contribution in [0.5, 0.6) is 0 Å². The van der Waals surface area contributed by atoms with Crippen LogP contribution in [0, 0.1) is 20.8 Å². The predicted octanol–water partition coefficient (Wildman–Crippen LogP) is 5.82. The molecule has 0 aliphatic rings. The number of rotatable bonds is 5. The first-order valence-corrected chi connectivity index (χ1v) is 11.7. The number of benzene rings is 4. The van der Waals surface area contributed by atoms with Crippen molar-refractivity contribution in [3.05, 3.63) is 101 Å². The monoisotopic (exact) mass is 444 g/mol. The van der Waals surface area contributed by atoms with Crippen LogP contribution in [0.15, 0.2) is 83.8 Å². The third-order valence-corrected chi connectivity index (χ3v) is 6.89. The lowest BCUT2D eigenvalue weighted by atomic mass is 10.1. The van der Waals surface area contributed by atoms with Crippen LogP contribution in [-0.4, -0.2) is 14.3 Å². The van der Waals surface area contributed by atoms with Gasteiger partial charge in [0.2, 0.25) is 0 Å². The van der Waals surface area contributed by atoms with Crippen molar-refractivity contribution in [2.45, 2.75) is 25.7 Å². The Labute approximate surface area is 188 Å². The smallest absolute Gasteiger partial charge is 0.262 e. The van der Waals surface area contributed by atoms with E-state index < -0.39 is 10.0 Å².